The molecule has 0 spiro atoms. The monoisotopic (exact) mass is 513 g/mol. The third-order valence-electron chi connectivity index (χ3n) is 7.07. The lowest BCUT2D eigenvalue weighted by Gasteiger charge is -2.26. The third-order valence-corrected chi connectivity index (χ3v) is 7.07. The molecule has 0 saturated heterocycles. The number of hydrogen-bond acceptors (Lipinski definition) is 6. The van der Waals surface area contributed by atoms with E-state index in [4.69, 9.17) is 9.26 Å². The minimum Gasteiger partial charge on any atom is -0.489 e. The van der Waals surface area contributed by atoms with Gasteiger partial charge in [-0.15, -0.1) is 0 Å². The largest absolute Gasteiger partial charge is 0.489 e. The molecular weight excluding hydrogens is 478 g/mol. The van der Waals surface area contributed by atoms with Crippen LogP contribution < -0.4 is 4.74 Å². The van der Waals surface area contributed by atoms with Gasteiger partial charge >= 0.3 is 0 Å². The molecule has 3 aromatic carbocycles. The van der Waals surface area contributed by atoms with Gasteiger partial charge in [0, 0.05) is 48.0 Å². The Labute approximate surface area is 222 Å². The third kappa shape index (κ3) is 5.75. The molecule has 0 aliphatic heterocycles. The number of rotatable bonds is 12. The van der Waals surface area contributed by atoms with Gasteiger partial charge < -0.3 is 24.0 Å². The first-order valence-corrected chi connectivity index (χ1v) is 13.1. The zero-order valence-electron chi connectivity index (χ0n) is 22.0. The van der Waals surface area contributed by atoms with Crippen LogP contribution in [-0.2, 0) is 19.7 Å². The van der Waals surface area contributed by atoms with Gasteiger partial charge in [0.15, 0.2) is 0 Å². The van der Waals surface area contributed by atoms with E-state index in [-0.39, 0.29) is 6.61 Å². The van der Waals surface area contributed by atoms with Crippen molar-refractivity contribution >= 4 is 21.8 Å². The quantitative estimate of drug-likeness (QED) is 0.238. The van der Waals surface area contributed by atoms with E-state index in [1.165, 1.54) is 10.8 Å². The van der Waals surface area contributed by atoms with Gasteiger partial charge in [-0.05, 0) is 50.1 Å². The first-order valence-electron chi connectivity index (χ1n) is 13.1. The van der Waals surface area contributed by atoms with Crippen molar-refractivity contribution in [3.8, 4) is 5.75 Å². The normalized spacial score (nSPS) is 12.6. The summed E-state index contributed by atoms with van der Waals surface area (Å²) in [5, 5.41) is 27.0. The number of aliphatic hydroxyl groups is 2. The fraction of sp³-hybridized carbons (Fsp3) is 0.323. The Hall–Kier alpha value is -3.65. The van der Waals surface area contributed by atoms with E-state index in [2.05, 4.69) is 51.0 Å². The molecule has 2 aromatic heterocycles. The number of ether oxygens (including phenoxy) is 1. The molecular formula is C31H35N3O4. The van der Waals surface area contributed by atoms with Gasteiger partial charge in [-0.25, -0.2) is 0 Å². The molecule has 5 aromatic rings. The van der Waals surface area contributed by atoms with Crippen molar-refractivity contribution in [2.75, 3.05) is 19.7 Å². The first kappa shape index (κ1) is 26.0. The minimum absolute atomic E-state index is 0.119. The molecule has 0 radical (unpaired) electrons. The number of benzene rings is 3. The molecule has 1 atom stereocenters. The second-order valence-electron chi connectivity index (χ2n) is 9.85. The van der Waals surface area contributed by atoms with Crippen molar-refractivity contribution in [1.29, 1.82) is 0 Å². The molecule has 5 rings (SSSR count). The van der Waals surface area contributed by atoms with Gasteiger partial charge in [-0.1, -0.05) is 53.7 Å². The number of fused-ring (bicyclic) bond motifs is 3. The number of aliphatic hydroxyl groups excluding tert-OH is 2. The lowest BCUT2D eigenvalue weighted by atomic mass is 10.1. The molecule has 7 nitrogen and oxygen atoms in total. The molecule has 0 unspecified atom stereocenters. The molecule has 2 N–H and O–H groups in total. The molecule has 0 bridgehead atoms. The summed E-state index contributed by atoms with van der Waals surface area (Å²) >= 11 is 0. The Balaban J connectivity index is 1.25. The second kappa shape index (κ2) is 11.8. The van der Waals surface area contributed by atoms with Crippen molar-refractivity contribution in [3.63, 3.8) is 0 Å². The zero-order chi connectivity index (χ0) is 26.5. The van der Waals surface area contributed by atoms with Crippen LogP contribution in [0.3, 0.4) is 0 Å². The lowest BCUT2D eigenvalue weighted by Crippen LogP contribution is -2.35. The van der Waals surface area contributed by atoms with Crippen molar-refractivity contribution < 1.29 is 19.5 Å². The molecule has 0 amide bonds. The van der Waals surface area contributed by atoms with Crippen molar-refractivity contribution in [1.82, 2.24) is 14.6 Å². The topological polar surface area (TPSA) is 83.9 Å². The summed E-state index contributed by atoms with van der Waals surface area (Å²) in [6, 6.07) is 24.7. The van der Waals surface area contributed by atoms with Crippen LogP contribution in [0, 0.1) is 13.8 Å². The number of hydrogen-bond donors (Lipinski definition) is 2. The minimum atomic E-state index is -0.564. The van der Waals surface area contributed by atoms with Crippen LogP contribution in [0.25, 0.3) is 21.8 Å². The standard InChI is InChI=1S/C31H35N3O4/c1-22-29(23(2)38-32-22)21-37-26-14-12-24(13-15-26)18-33(16-7-17-35)19-25(36)20-34-30-10-5-3-8-27(30)28-9-4-6-11-31(28)34/h3-6,8-15,25,35-36H,7,16-21H2,1-2H3/t25-/m0/s1. The van der Waals surface area contributed by atoms with Crippen LogP contribution >= 0.6 is 0 Å². The summed E-state index contributed by atoms with van der Waals surface area (Å²) < 4.78 is 13.4. The first-order chi connectivity index (χ1) is 18.5. The molecule has 0 saturated carbocycles. The Morgan fingerprint density at radius 1 is 0.947 bits per heavy atom. The van der Waals surface area contributed by atoms with E-state index in [1.807, 2.05) is 50.2 Å². The molecule has 0 fully saturated rings. The Kier molecular flexibility index (Phi) is 8.08. The van der Waals surface area contributed by atoms with Crippen LogP contribution in [-0.4, -0.2) is 50.6 Å². The number of nitrogens with zero attached hydrogens (tertiary/aromatic N) is 3. The van der Waals surface area contributed by atoms with E-state index >= 15 is 0 Å². The molecule has 0 aliphatic rings. The maximum Gasteiger partial charge on any atom is 0.140 e. The number of aromatic nitrogens is 2. The summed E-state index contributed by atoms with van der Waals surface area (Å²) in [5.41, 5.74) is 5.19. The Bertz CT molecular complexity index is 1420. The van der Waals surface area contributed by atoms with Crippen molar-refractivity contribution in [3.05, 3.63) is 95.4 Å². The van der Waals surface area contributed by atoms with Gasteiger partial charge in [0.05, 0.1) is 23.9 Å². The lowest BCUT2D eigenvalue weighted by molar-refractivity contribution is 0.0921. The fourth-order valence-electron chi connectivity index (χ4n) is 5.11. The highest BCUT2D eigenvalue weighted by Gasteiger charge is 2.17. The van der Waals surface area contributed by atoms with Crippen molar-refractivity contribution in [2.24, 2.45) is 0 Å². The summed E-state index contributed by atoms with van der Waals surface area (Å²) in [5.74, 6) is 1.56. The van der Waals surface area contributed by atoms with Gasteiger partial charge in [0.1, 0.15) is 18.1 Å². The van der Waals surface area contributed by atoms with E-state index in [9.17, 15) is 10.2 Å². The fourth-order valence-corrected chi connectivity index (χ4v) is 5.11. The van der Waals surface area contributed by atoms with Crippen LogP contribution in [0.4, 0.5) is 0 Å². The second-order valence-corrected chi connectivity index (χ2v) is 9.85. The average molecular weight is 514 g/mol. The maximum atomic E-state index is 11.2. The highest BCUT2D eigenvalue weighted by molar-refractivity contribution is 6.07. The Morgan fingerprint density at radius 3 is 2.21 bits per heavy atom. The predicted molar refractivity (Wildman–Crippen MR) is 149 cm³/mol. The Morgan fingerprint density at radius 2 is 1.61 bits per heavy atom. The smallest absolute Gasteiger partial charge is 0.140 e. The van der Waals surface area contributed by atoms with Gasteiger partial charge in [0.2, 0.25) is 0 Å². The van der Waals surface area contributed by atoms with Crippen LogP contribution in [0.1, 0.15) is 29.0 Å². The maximum absolute atomic E-state index is 11.2. The predicted octanol–water partition coefficient (Wildman–Crippen LogP) is 5.22. The van der Waals surface area contributed by atoms with Gasteiger partial charge in [-0.2, -0.15) is 0 Å². The van der Waals surface area contributed by atoms with E-state index in [0.717, 1.165) is 39.4 Å². The van der Waals surface area contributed by atoms with Crippen LogP contribution in [0.5, 0.6) is 5.75 Å². The van der Waals surface area contributed by atoms with E-state index < -0.39 is 6.10 Å². The summed E-state index contributed by atoms with van der Waals surface area (Å²) in [6.07, 6.45) is 0.0892. The van der Waals surface area contributed by atoms with E-state index in [0.29, 0.717) is 39.2 Å². The van der Waals surface area contributed by atoms with Gasteiger partial charge in [-0.3, -0.25) is 4.90 Å². The highest BCUT2D eigenvalue weighted by atomic mass is 16.5. The highest BCUT2D eigenvalue weighted by Crippen LogP contribution is 2.29. The molecule has 198 valence electrons. The molecule has 7 heteroatoms. The molecule has 2 heterocycles. The molecule has 38 heavy (non-hydrogen) atoms. The van der Waals surface area contributed by atoms with E-state index in [1.54, 1.807) is 0 Å². The number of para-hydroxylation sites is 2. The van der Waals surface area contributed by atoms with Crippen LogP contribution in [0.2, 0.25) is 0 Å². The van der Waals surface area contributed by atoms with Crippen LogP contribution in [0.15, 0.2) is 77.3 Å². The van der Waals surface area contributed by atoms with Crippen molar-refractivity contribution in [2.45, 2.75) is 46.1 Å². The summed E-state index contributed by atoms with van der Waals surface area (Å²) in [6.45, 7) is 6.71. The SMILES string of the molecule is Cc1noc(C)c1COc1ccc(CN(CCCO)C[C@H](O)Cn2c3ccccc3c3ccccc32)cc1. The van der Waals surface area contributed by atoms with Gasteiger partial charge in [0.25, 0.3) is 0 Å². The average Bonchev–Trinajstić information content (AvgIpc) is 3.43. The number of aryl methyl sites for hydroxylation is 2. The summed E-state index contributed by atoms with van der Waals surface area (Å²) in [7, 11) is 0. The zero-order valence-corrected chi connectivity index (χ0v) is 22.0. The molecule has 0 aliphatic carbocycles. The summed E-state index contributed by atoms with van der Waals surface area (Å²) in [4.78, 5) is 2.20.